The van der Waals surface area contributed by atoms with Gasteiger partial charge in [0.1, 0.15) is 31.0 Å². The van der Waals surface area contributed by atoms with Gasteiger partial charge in [-0.2, -0.15) is 9.98 Å². The fraction of sp³-hybridized carbons (Fsp3) is 0.222. The quantitative estimate of drug-likeness (QED) is 0.165. The van der Waals surface area contributed by atoms with E-state index >= 15 is 4.39 Å². The van der Waals surface area contributed by atoms with E-state index in [4.69, 9.17) is 24.7 Å². The number of carbonyl (C=O) groups is 1. The Labute approximate surface area is 240 Å². The van der Waals surface area contributed by atoms with Gasteiger partial charge < -0.3 is 35.1 Å². The highest BCUT2D eigenvalue weighted by Crippen LogP contribution is 2.42. The van der Waals surface area contributed by atoms with Gasteiger partial charge in [0.05, 0.1) is 20.3 Å². The fourth-order valence-corrected chi connectivity index (χ4v) is 3.82. The summed E-state index contributed by atoms with van der Waals surface area (Å²) in [5, 5.41) is 16.8. The van der Waals surface area contributed by atoms with Gasteiger partial charge in [-0.05, 0) is 31.2 Å². The monoisotopic (exact) mass is 579 g/mol. The number of aliphatic hydroxyl groups excluding tert-OH is 1. The van der Waals surface area contributed by atoms with Crippen molar-refractivity contribution in [2.75, 3.05) is 32.2 Å². The van der Waals surface area contributed by atoms with E-state index < -0.39 is 11.9 Å². The second-order valence-corrected chi connectivity index (χ2v) is 8.29. The van der Waals surface area contributed by atoms with Gasteiger partial charge in [0.2, 0.25) is 0 Å². The third-order valence-electron chi connectivity index (χ3n) is 5.60. The number of aliphatic hydroxyl groups is 1. The van der Waals surface area contributed by atoms with Crippen LogP contribution in [0.15, 0.2) is 53.8 Å². The molecule has 0 aliphatic heterocycles. The number of aromatic nitrogens is 5. The van der Waals surface area contributed by atoms with Crippen LogP contribution in [-0.4, -0.2) is 68.7 Å². The molecule has 2 heterocycles. The lowest BCUT2D eigenvalue weighted by Crippen LogP contribution is -2.18. The zero-order valence-electron chi connectivity index (χ0n) is 22.8. The highest BCUT2D eigenvalue weighted by molar-refractivity contribution is 6.07. The molecule has 0 saturated carbocycles. The Morgan fingerprint density at radius 1 is 1.24 bits per heavy atom. The summed E-state index contributed by atoms with van der Waals surface area (Å²) in [5.74, 6) is -0.587. The predicted molar refractivity (Wildman–Crippen MR) is 149 cm³/mol. The van der Waals surface area contributed by atoms with E-state index in [9.17, 15) is 9.90 Å². The van der Waals surface area contributed by atoms with E-state index in [1.165, 1.54) is 30.3 Å². The number of para-hydroxylation sites is 1. The highest BCUT2D eigenvalue weighted by atomic mass is 19.1. The topological polar surface area (TPSA) is 181 Å². The Kier molecular flexibility index (Phi) is 9.78. The number of amides is 1. The van der Waals surface area contributed by atoms with Crippen molar-refractivity contribution >= 4 is 23.3 Å². The molecule has 4 N–H and O–H groups in total. The van der Waals surface area contributed by atoms with Crippen LogP contribution in [0, 0.1) is 12.9 Å². The van der Waals surface area contributed by atoms with Crippen molar-refractivity contribution in [3.63, 3.8) is 0 Å². The van der Waals surface area contributed by atoms with E-state index in [1.807, 2.05) is 0 Å². The largest absolute Gasteiger partial charge is 0.494 e. The number of amidine groups is 1. The summed E-state index contributed by atoms with van der Waals surface area (Å²) in [5.41, 5.74) is 6.99. The predicted octanol–water partition coefficient (Wildman–Crippen LogP) is 2.94. The van der Waals surface area contributed by atoms with Crippen LogP contribution >= 0.6 is 0 Å². The summed E-state index contributed by atoms with van der Waals surface area (Å²) in [6.07, 6.45) is 2.08. The number of halogens is 1. The van der Waals surface area contributed by atoms with Crippen LogP contribution < -0.4 is 25.3 Å². The third-order valence-corrected chi connectivity index (χ3v) is 5.60. The number of rotatable bonds is 12. The van der Waals surface area contributed by atoms with Crippen molar-refractivity contribution in [1.82, 2.24) is 24.7 Å². The number of nitrogens with zero attached hydrogens (tertiary/aromatic N) is 6. The first-order valence-corrected chi connectivity index (χ1v) is 12.6. The molecule has 4 rings (SSSR count). The molecule has 42 heavy (non-hydrogen) atoms. The molecule has 1 radical (unpaired) electrons. The van der Waals surface area contributed by atoms with Crippen LogP contribution in [0.4, 0.5) is 20.6 Å². The molecule has 0 bridgehead atoms. The molecule has 0 aliphatic rings. The van der Waals surface area contributed by atoms with Crippen molar-refractivity contribution in [1.29, 1.82) is 0 Å². The Morgan fingerprint density at radius 3 is 2.69 bits per heavy atom. The molecule has 0 saturated heterocycles. The van der Waals surface area contributed by atoms with Crippen molar-refractivity contribution in [3.8, 4) is 23.5 Å². The number of methoxy groups -OCH3 is 1. The zero-order valence-corrected chi connectivity index (χ0v) is 22.8. The SMILES string of the molecule is [CH2]Oc1nc(Cc2cc(OC)c(Nc3ccccc3C(N)=NC(=O)OCC)c(OCCO)c2F)nn1-c1ncccn1. The molecule has 2 aromatic heterocycles. The molecule has 0 fully saturated rings. The second-order valence-electron chi connectivity index (χ2n) is 8.29. The van der Waals surface area contributed by atoms with Crippen molar-refractivity contribution in [2.24, 2.45) is 10.7 Å². The number of hydrogen-bond acceptors (Lipinski definition) is 11. The van der Waals surface area contributed by atoms with Crippen LogP contribution in [0.1, 0.15) is 23.9 Å². The molecule has 1 amide bonds. The lowest BCUT2D eigenvalue weighted by molar-refractivity contribution is 0.163. The van der Waals surface area contributed by atoms with E-state index in [1.54, 1.807) is 37.3 Å². The van der Waals surface area contributed by atoms with E-state index in [-0.39, 0.29) is 72.6 Å². The minimum atomic E-state index is -0.855. The molecule has 2 aromatic carbocycles. The van der Waals surface area contributed by atoms with Gasteiger partial charge in [-0.1, -0.05) is 12.1 Å². The maximum absolute atomic E-state index is 16.0. The van der Waals surface area contributed by atoms with Crippen LogP contribution in [0.3, 0.4) is 0 Å². The van der Waals surface area contributed by atoms with Crippen molar-refractivity contribution in [2.45, 2.75) is 13.3 Å². The van der Waals surface area contributed by atoms with Gasteiger partial charge in [0, 0.05) is 35.6 Å². The van der Waals surface area contributed by atoms with Gasteiger partial charge in [0.15, 0.2) is 17.4 Å². The maximum Gasteiger partial charge on any atom is 0.435 e. The van der Waals surface area contributed by atoms with Crippen LogP contribution in [0.2, 0.25) is 0 Å². The Morgan fingerprint density at radius 2 is 2.00 bits per heavy atom. The lowest BCUT2D eigenvalue weighted by Gasteiger charge is -2.20. The number of aliphatic imine (C=N–C) groups is 1. The van der Waals surface area contributed by atoms with Gasteiger partial charge in [-0.25, -0.2) is 19.2 Å². The van der Waals surface area contributed by atoms with Crippen molar-refractivity contribution < 1.29 is 33.2 Å². The first-order chi connectivity index (χ1) is 20.4. The molecule has 0 aliphatic carbocycles. The smallest absolute Gasteiger partial charge is 0.435 e. The molecule has 0 atom stereocenters. The molecule has 4 aromatic rings. The summed E-state index contributed by atoms with van der Waals surface area (Å²) >= 11 is 0. The van der Waals surface area contributed by atoms with Crippen LogP contribution in [-0.2, 0) is 11.2 Å². The summed E-state index contributed by atoms with van der Waals surface area (Å²) in [7, 11) is 4.78. The number of ether oxygens (including phenoxy) is 4. The first kappa shape index (κ1) is 29.7. The standard InChI is InChI=1S/C27H28FN8O6/c1-4-41-27(38)34-24(29)17-8-5-6-9-18(17)32-22-19(39-2)14-16(21(28)23(22)42-13-12-37)15-20-33-26(40-3)36(35-20)25-30-10-7-11-31-25/h5-11,14,32,37H,3-4,12-13,15H2,1-2H3,(H2,29,34,38). The number of nitrogens with one attached hydrogen (secondary N) is 1. The Bertz CT molecular complexity index is 1560. The van der Waals surface area contributed by atoms with E-state index in [0.717, 1.165) is 0 Å². The molecular weight excluding hydrogens is 551 g/mol. The van der Waals surface area contributed by atoms with E-state index in [2.05, 4.69) is 37.5 Å². The normalized spacial score (nSPS) is 11.2. The summed E-state index contributed by atoms with van der Waals surface area (Å²) in [6, 6.07) is 9.74. The average molecular weight is 580 g/mol. The van der Waals surface area contributed by atoms with Crippen LogP contribution in [0.25, 0.3) is 5.95 Å². The molecule has 15 heteroatoms. The third kappa shape index (κ3) is 6.69. The summed E-state index contributed by atoms with van der Waals surface area (Å²) in [6.45, 7) is 1.17. The number of anilines is 2. The molecular formula is C27H28FN8O6. The summed E-state index contributed by atoms with van der Waals surface area (Å²) < 4.78 is 38.4. The Hall–Kier alpha value is -5.31. The minimum absolute atomic E-state index is 0.00251. The van der Waals surface area contributed by atoms with Gasteiger partial charge >= 0.3 is 12.1 Å². The maximum atomic E-state index is 16.0. The van der Waals surface area contributed by atoms with Crippen LogP contribution in [0.5, 0.6) is 17.5 Å². The lowest BCUT2D eigenvalue weighted by atomic mass is 10.1. The average Bonchev–Trinajstić information content (AvgIpc) is 3.42. The van der Waals surface area contributed by atoms with Gasteiger partial charge in [-0.15, -0.1) is 9.78 Å². The molecule has 0 unspecified atom stereocenters. The number of carbonyl (C=O) groups excluding carboxylic acids is 1. The van der Waals surface area contributed by atoms with Gasteiger partial charge in [-0.3, -0.25) is 0 Å². The van der Waals surface area contributed by atoms with Crippen molar-refractivity contribution in [3.05, 3.63) is 78.7 Å². The fourth-order valence-electron chi connectivity index (χ4n) is 3.82. The number of hydrogen-bond donors (Lipinski definition) is 3. The first-order valence-electron chi connectivity index (χ1n) is 12.6. The highest BCUT2D eigenvalue weighted by Gasteiger charge is 2.24. The minimum Gasteiger partial charge on any atom is -0.494 e. The number of nitrogens with two attached hydrogens (primary N) is 1. The Balaban J connectivity index is 1.75. The summed E-state index contributed by atoms with van der Waals surface area (Å²) in [4.78, 5) is 28.1. The number of benzene rings is 2. The van der Waals surface area contributed by atoms with E-state index in [0.29, 0.717) is 11.3 Å². The molecule has 14 nitrogen and oxygen atoms in total. The molecule has 0 spiro atoms. The van der Waals surface area contributed by atoms with Gasteiger partial charge in [0.25, 0.3) is 5.95 Å². The second kappa shape index (κ2) is 13.8. The zero-order chi connectivity index (χ0) is 30.1. The molecule has 219 valence electrons.